The van der Waals surface area contributed by atoms with Crippen molar-refractivity contribution in [3.05, 3.63) is 140 Å². The van der Waals surface area contributed by atoms with Crippen LogP contribution in [-0.2, 0) is 9.53 Å². The van der Waals surface area contributed by atoms with Crippen molar-refractivity contribution in [3.63, 3.8) is 0 Å². The Morgan fingerprint density at radius 2 is 1.44 bits per heavy atom. The predicted octanol–water partition coefficient (Wildman–Crippen LogP) is 7.85. The molecular formula is C43H52N4O7. The van der Waals surface area contributed by atoms with E-state index in [1.165, 1.54) is 0 Å². The first kappa shape index (κ1) is 41.5. The van der Waals surface area contributed by atoms with E-state index < -0.39 is 17.0 Å². The minimum absolute atomic E-state index is 0. The normalized spacial score (nSPS) is 14.6. The van der Waals surface area contributed by atoms with E-state index in [2.05, 4.69) is 22.0 Å². The van der Waals surface area contributed by atoms with Crippen LogP contribution in [0, 0.1) is 10.1 Å². The Kier molecular flexibility index (Phi) is 14.0. The number of aromatic amines is 1. The fourth-order valence-electron chi connectivity index (χ4n) is 7.08. The molecule has 0 aliphatic carbocycles. The Labute approximate surface area is 316 Å². The highest BCUT2D eigenvalue weighted by Gasteiger charge is 2.41. The lowest BCUT2D eigenvalue weighted by Crippen LogP contribution is -2.50. The minimum Gasteiger partial charge on any atom is -0.379 e. The molecule has 1 aliphatic rings. The van der Waals surface area contributed by atoms with Crippen LogP contribution in [0.25, 0.3) is 21.8 Å². The molecule has 6 rings (SSSR count). The molecule has 11 heteroatoms. The summed E-state index contributed by atoms with van der Waals surface area (Å²) in [5, 5.41) is 24.3. The number of nitrogens with zero attached hydrogens (tertiary/aromatic N) is 3. The number of carbonyl (C=O) groups excluding carboxylic acids is 2. The summed E-state index contributed by atoms with van der Waals surface area (Å²) in [7, 11) is 0. The molecule has 1 amide bonds. The number of hydrogen-bond donors (Lipinski definition) is 2. The average molecular weight is 737 g/mol. The molecule has 1 fully saturated rings. The second-order valence-corrected chi connectivity index (χ2v) is 14.5. The number of benzene rings is 4. The van der Waals surface area contributed by atoms with Crippen molar-refractivity contribution in [1.82, 2.24) is 14.9 Å². The molecule has 54 heavy (non-hydrogen) atoms. The van der Waals surface area contributed by atoms with E-state index >= 15 is 0 Å². The summed E-state index contributed by atoms with van der Waals surface area (Å²) >= 11 is 0. The molecule has 11 nitrogen and oxygen atoms in total. The molecule has 1 aliphatic heterocycles. The molecule has 0 bridgehead atoms. The predicted molar refractivity (Wildman–Crippen MR) is 213 cm³/mol. The van der Waals surface area contributed by atoms with Crippen LogP contribution in [0.4, 0.5) is 0 Å². The van der Waals surface area contributed by atoms with Crippen molar-refractivity contribution in [2.45, 2.75) is 70.9 Å². The second kappa shape index (κ2) is 18.2. The molecule has 0 spiro atoms. The maximum Gasteiger partial charge on any atom is 0.277 e. The van der Waals surface area contributed by atoms with Crippen molar-refractivity contribution < 1.29 is 24.5 Å². The van der Waals surface area contributed by atoms with Crippen LogP contribution in [0.2, 0.25) is 0 Å². The third-order valence-electron chi connectivity index (χ3n) is 10.4. The summed E-state index contributed by atoms with van der Waals surface area (Å²) in [6, 6.07) is 31.4. The summed E-state index contributed by atoms with van der Waals surface area (Å²) in [5.41, 5.74) is 1.37. The molecule has 4 aromatic carbocycles. The van der Waals surface area contributed by atoms with E-state index in [-0.39, 0.29) is 36.0 Å². The number of ether oxygens (including phenoxy) is 1. The van der Waals surface area contributed by atoms with Crippen molar-refractivity contribution in [3.8, 4) is 0 Å². The fraction of sp³-hybridized carbons (Fsp3) is 0.372. The number of hydroxylamine groups is 2. The average Bonchev–Trinajstić information content (AvgIpc) is 3.17. The standard InChI is InChI=1S/C30H33N3O4.C12H15NO3.CH4/c1-30(2,25(21-8-4-3-5-9-21)14-15-32-16-18-37-19-17-32)33(36)29(35)22-12-13-24-27(20-22)31-26-11-7-6-10-23(26)28(24)34;1-12(2,13(15)16)11(8-9-14)10-6-4-3-5-7-10;/h3-13,20,25,36H,14-19H2,1-2H3,(H,31,34);3-7,9,11H,8H2,1-2H3;1H4. The van der Waals surface area contributed by atoms with Crippen LogP contribution >= 0.6 is 0 Å². The molecular weight excluding hydrogens is 684 g/mol. The van der Waals surface area contributed by atoms with Crippen molar-refractivity contribution in [2.24, 2.45) is 0 Å². The van der Waals surface area contributed by atoms with E-state index in [9.17, 15) is 29.7 Å². The summed E-state index contributed by atoms with van der Waals surface area (Å²) in [6.45, 7) is 11.0. The first-order chi connectivity index (χ1) is 25.4. The Morgan fingerprint density at radius 3 is 2.04 bits per heavy atom. The smallest absolute Gasteiger partial charge is 0.277 e. The van der Waals surface area contributed by atoms with Gasteiger partial charge in [-0.05, 0) is 68.3 Å². The SMILES string of the molecule is C.CC(C)(C(CC=O)c1ccccc1)[N+](=O)[O-].CC(C)(C(CCN1CCOCC1)c1ccccc1)N(O)C(=O)c1ccc2c(=O)c3ccccc3[nH]c2c1. The molecule has 1 saturated heterocycles. The summed E-state index contributed by atoms with van der Waals surface area (Å²) < 4.78 is 5.48. The molecule has 2 atom stereocenters. The number of carbonyl (C=O) groups is 2. The zero-order valence-corrected chi connectivity index (χ0v) is 30.7. The van der Waals surface area contributed by atoms with E-state index in [4.69, 9.17) is 4.74 Å². The highest BCUT2D eigenvalue weighted by Crippen LogP contribution is 2.37. The fourth-order valence-corrected chi connectivity index (χ4v) is 7.08. The number of para-hydroxylation sites is 1. The van der Waals surface area contributed by atoms with Crippen LogP contribution in [-0.4, -0.2) is 81.2 Å². The highest BCUT2D eigenvalue weighted by atomic mass is 16.6. The Bertz CT molecular complexity index is 2080. The first-order valence-electron chi connectivity index (χ1n) is 17.9. The highest BCUT2D eigenvalue weighted by molar-refractivity contribution is 5.99. The van der Waals surface area contributed by atoms with E-state index in [1.807, 2.05) is 80.6 Å². The molecule has 5 aromatic rings. The number of pyridine rings is 1. The number of morpholine rings is 1. The molecule has 2 heterocycles. The number of nitro groups is 1. The van der Waals surface area contributed by atoms with Gasteiger partial charge < -0.3 is 14.5 Å². The van der Waals surface area contributed by atoms with Crippen LogP contribution in [0.3, 0.4) is 0 Å². The van der Waals surface area contributed by atoms with Crippen LogP contribution in [0.15, 0.2) is 108 Å². The maximum atomic E-state index is 13.6. The Morgan fingerprint density at radius 1 is 0.889 bits per heavy atom. The number of hydrogen-bond acceptors (Lipinski definition) is 8. The lowest BCUT2D eigenvalue weighted by atomic mass is 9.79. The number of amides is 1. The quantitative estimate of drug-likeness (QED) is 0.0433. The zero-order chi connectivity index (χ0) is 38.2. The van der Waals surface area contributed by atoms with Gasteiger partial charge in [-0.25, -0.2) is 5.06 Å². The van der Waals surface area contributed by atoms with Crippen LogP contribution < -0.4 is 5.43 Å². The van der Waals surface area contributed by atoms with Gasteiger partial charge in [0.05, 0.1) is 30.2 Å². The van der Waals surface area contributed by atoms with Gasteiger partial charge in [0.1, 0.15) is 6.29 Å². The lowest BCUT2D eigenvalue weighted by molar-refractivity contribution is -0.565. The van der Waals surface area contributed by atoms with E-state index in [0.717, 1.165) is 61.7 Å². The van der Waals surface area contributed by atoms with Crippen LogP contribution in [0.5, 0.6) is 0 Å². The maximum absolute atomic E-state index is 13.6. The van der Waals surface area contributed by atoms with Gasteiger partial charge in [0.15, 0.2) is 5.43 Å². The third-order valence-corrected chi connectivity index (χ3v) is 10.4. The first-order valence-corrected chi connectivity index (χ1v) is 17.9. The third kappa shape index (κ3) is 9.28. The number of aromatic nitrogens is 1. The lowest BCUT2D eigenvalue weighted by Gasteiger charge is -2.41. The molecule has 0 saturated carbocycles. The summed E-state index contributed by atoms with van der Waals surface area (Å²) in [5.74, 6) is -0.996. The number of fused-ring (bicyclic) bond motifs is 2. The van der Waals surface area contributed by atoms with Crippen molar-refractivity contribution in [1.29, 1.82) is 0 Å². The topological polar surface area (TPSA) is 146 Å². The Balaban J connectivity index is 0.000000323. The van der Waals surface area contributed by atoms with Gasteiger partial charge in [0, 0.05) is 66.1 Å². The summed E-state index contributed by atoms with van der Waals surface area (Å²) in [6.07, 6.45) is 1.68. The second-order valence-electron chi connectivity index (χ2n) is 14.5. The number of nitrogens with one attached hydrogen (secondary N) is 1. The monoisotopic (exact) mass is 736 g/mol. The number of rotatable bonds is 12. The van der Waals surface area contributed by atoms with Gasteiger partial charge in [-0.1, -0.05) is 80.2 Å². The van der Waals surface area contributed by atoms with Gasteiger partial charge in [-0.2, -0.15) is 0 Å². The molecule has 0 radical (unpaired) electrons. The number of H-pyrrole nitrogens is 1. The largest absolute Gasteiger partial charge is 0.379 e. The van der Waals surface area contributed by atoms with Crippen LogP contribution in [0.1, 0.15) is 81.3 Å². The van der Waals surface area contributed by atoms with Gasteiger partial charge >= 0.3 is 0 Å². The Hall–Kier alpha value is -5.23. The van der Waals surface area contributed by atoms with E-state index in [1.54, 1.807) is 38.1 Å². The van der Waals surface area contributed by atoms with Crippen molar-refractivity contribution in [2.75, 3.05) is 32.8 Å². The van der Waals surface area contributed by atoms with E-state index in [0.29, 0.717) is 27.4 Å². The molecule has 286 valence electrons. The van der Waals surface area contributed by atoms with Gasteiger partial charge in [-0.15, -0.1) is 0 Å². The molecule has 2 unspecified atom stereocenters. The number of aldehydes is 1. The molecule has 2 N–H and O–H groups in total. The van der Waals surface area contributed by atoms with Gasteiger partial charge in [-0.3, -0.25) is 29.8 Å². The van der Waals surface area contributed by atoms with Crippen molar-refractivity contribution >= 4 is 34.0 Å². The minimum atomic E-state index is -1.14. The van der Waals surface area contributed by atoms with Gasteiger partial charge in [0.25, 0.3) is 5.91 Å². The van der Waals surface area contributed by atoms with Gasteiger partial charge in [0.2, 0.25) is 5.54 Å². The molecule has 1 aromatic heterocycles. The zero-order valence-electron chi connectivity index (χ0n) is 30.7. The summed E-state index contributed by atoms with van der Waals surface area (Å²) in [4.78, 5) is 53.5.